The lowest BCUT2D eigenvalue weighted by atomic mass is 9.81. The number of benzene rings is 1. The number of nitrogens with zero attached hydrogens (tertiary/aromatic N) is 1. The van der Waals surface area contributed by atoms with Gasteiger partial charge in [-0.2, -0.15) is 5.10 Å². The molecule has 0 bridgehead atoms. The molecule has 148 valence electrons. The fraction of sp³-hybridized carbons (Fsp3) is 0.476. The van der Waals surface area contributed by atoms with Crippen LogP contribution < -0.4 is 5.32 Å². The summed E-state index contributed by atoms with van der Waals surface area (Å²) in [4.78, 5) is 24.5. The Hall–Kier alpha value is -2.83. The number of carbonyl (C=O) groups excluding carboxylic acids is 2. The molecule has 0 spiro atoms. The van der Waals surface area contributed by atoms with Crippen molar-refractivity contribution in [1.82, 2.24) is 10.2 Å². The number of fused-ring (bicyclic) bond motifs is 2. The van der Waals surface area contributed by atoms with Crippen molar-refractivity contribution in [3.63, 3.8) is 0 Å². The first kappa shape index (κ1) is 18.5. The number of anilines is 1. The molecular weight excluding hydrogens is 358 g/mol. The van der Waals surface area contributed by atoms with E-state index in [0.29, 0.717) is 0 Å². The van der Waals surface area contributed by atoms with Gasteiger partial charge in [0.1, 0.15) is 0 Å². The van der Waals surface area contributed by atoms with Crippen LogP contribution in [0.25, 0.3) is 10.9 Å². The lowest BCUT2D eigenvalue weighted by Crippen LogP contribution is -2.42. The SMILES string of the molecule is CC1(C)OC(=O)C(=CNc2c3c(cc4[nH]ncc24)C(C)(C)CC3(C)C)C(=O)O1. The predicted octanol–water partition coefficient (Wildman–Crippen LogP) is 3.65. The summed E-state index contributed by atoms with van der Waals surface area (Å²) < 4.78 is 10.4. The van der Waals surface area contributed by atoms with Crippen LogP contribution in [0, 0.1) is 0 Å². The largest absolute Gasteiger partial charge is 0.419 e. The van der Waals surface area contributed by atoms with E-state index in [-0.39, 0.29) is 16.4 Å². The Labute approximate surface area is 163 Å². The zero-order valence-electron chi connectivity index (χ0n) is 17.0. The van der Waals surface area contributed by atoms with Gasteiger partial charge in [-0.3, -0.25) is 5.10 Å². The minimum Gasteiger partial charge on any atom is -0.419 e. The van der Waals surface area contributed by atoms with Gasteiger partial charge in [0.05, 0.1) is 17.4 Å². The van der Waals surface area contributed by atoms with E-state index in [4.69, 9.17) is 9.47 Å². The maximum Gasteiger partial charge on any atom is 0.350 e. The second kappa shape index (κ2) is 5.59. The molecule has 7 heteroatoms. The fourth-order valence-electron chi connectivity index (χ4n) is 4.69. The van der Waals surface area contributed by atoms with E-state index in [1.54, 1.807) is 6.20 Å². The molecule has 4 rings (SSSR count). The van der Waals surface area contributed by atoms with Crippen LogP contribution in [0.15, 0.2) is 24.0 Å². The monoisotopic (exact) mass is 383 g/mol. The molecule has 2 N–H and O–H groups in total. The number of rotatable bonds is 2. The average molecular weight is 383 g/mol. The molecule has 1 aromatic heterocycles. The molecule has 0 atom stereocenters. The summed E-state index contributed by atoms with van der Waals surface area (Å²) in [5.41, 5.74) is 3.89. The minimum absolute atomic E-state index is 0.00553. The Morgan fingerprint density at radius 3 is 2.36 bits per heavy atom. The van der Waals surface area contributed by atoms with Crippen molar-refractivity contribution in [1.29, 1.82) is 0 Å². The maximum absolute atomic E-state index is 12.3. The zero-order valence-corrected chi connectivity index (χ0v) is 17.0. The second-order valence-electron chi connectivity index (χ2n) is 9.33. The van der Waals surface area contributed by atoms with E-state index in [1.165, 1.54) is 31.2 Å². The summed E-state index contributed by atoms with van der Waals surface area (Å²) in [6, 6.07) is 2.15. The van der Waals surface area contributed by atoms with Crippen LogP contribution in [0.4, 0.5) is 5.69 Å². The molecule has 1 aromatic carbocycles. The number of hydrogen-bond acceptors (Lipinski definition) is 6. The van der Waals surface area contributed by atoms with Gasteiger partial charge in [0.2, 0.25) is 0 Å². The molecule has 2 aromatic rings. The summed E-state index contributed by atoms with van der Waals surface area (Å²) in [5.74, 6) is -2.67. The van der Waals surface area contributed by atoms with E-state index in [1.807, 2.05) is 0 Å². The molecule has 0 unspecified atom stereocenters. The van der Waals surface area contributed by atoms with Crippen LogP contribution >= 0.6 is 0 Å². The molecule has 1 aliphatic carbocycles. The summed E-state index contributed by atoms with van der Waals surface area (Å²) in [7, 11) is 0. The van der Waals surface area contributed by atoms with Crippen LogP contribution in [0.5, 0.6) is 0 Å². The fourth-order valence-corrected chi connectivity index (χ4v) is 4.69. The third kappa shape index (κ3) is 2.77. The standard InChI is InChI=1S/C21H25N3O4/c1-19(2)10-20(3,4)15-13(19)7-14-11(9-23-24-14)16(15)22-8-12-17(25)27-21(5,6)28-18(12)26/h7-9,22H,10H2,1-6H3,(H,23,24). The van der Waals surface area contributed by atoms with Crippen molar-refractivity contribution in [2.75, 3.05) is 5.32 Å². The Kier molecular flexibility index (Phi) is 3.70. The lowest BCUT2D eigenvalue weighted by molar-refractivity contribution is -0.222. The van der Waals surface area contributed by atoms with E-state index < -0.39 is 17.7 Å². The third-order valence-corrected chi connectivity index (χ3v) is 5.51. The molecule has 7 nitrogen and oxygen atoms in total. The number of esters is 2. The number of carbonyl (C=O) groups is 2. The number of cyclic esters (lactones) is 2. The van der Waals surface area contributed by atoms with Gasteiger partial charge in [-0.1, -0.05) is 27.7 Å². The van der Waals surface area contributed by atoms with Crippen LogP contribution in [-0.2, 0) is 29.9 Å². The molecule has 0 radical (unpaired) electrons. The van der Waals surface area contributed by atoms with Gasteiger partial charge in [0.15, 0.2) is 5.57 Å². The first-order valence-electron chi connectivity index (χ1n) is 9.36. The van der Waals surface area contributed by atoms with E-state index in [2.05, 4.69) is 49.3 Å². The Morgan fingerprint density at radius 2 is 1.71 bits per heavy atom. The van der Waals surface area contributed by atoms with Gasteiger partial charge in [-0.25, -0.2) is 9.59 Å². The van der Waals surface area contributed by atoms with Crippen molar-refractivity contribution < 1.29 is 19.1 Å². The van der Waals surface area contributed by atoms with Crippen molar-refractivity contribution in [2.24, 2.45) is 0 Å². The van der Waals surface area contributed by atoms with E-state index in [0.717, 1.165) is 23.0 Å². The minimum atomic E-state index is -1.26. The molecule has 2 heterocycles. The van der Waals surface area contributed by atoms with Crippen LogP contribution in [0.1, 0.15) is 59.1 Å². The maximum atomic E-state index is 12.3. The second-order valence-corrected chi connectivity index (χ2v) is 9.33. The number of ether oxygens (including phenoxy) is 2. The number of nitrogens with one attached hydrogen (secondary N) is 2. The molecular formula is C21H25N3O4. The van der Waals surface area contributed by atoms with Crippen molar-refractivity contribution in [3.8, 4) is 0 Å². The number of hydrogen-bond donors (Lipinski definition) is 2. The topological polar surface area (TPSA) is 93.3 Å². The van der Waals surface area contributed by atoms with Gasteiger partial charge in [-0.15, -0.1) is 0 Å². The Morgan fingerprint density at radius 1 is 1.07 bits per heavy atom. The highest BCUT2D eigenvalue weighted by Gasteiger charge is 2.44. The number of H-pyrrole nitrogens is 1. The van der Waals surface area contributed by atoms with Crippen LogP contribution in [0.3, 0.4) is 0 Å². The molecule has 1 fully saturated rings. The van der Waals surface area contributed by atoms with E-state index >= 15 is 0 Å². The van der Waals surface area contributed by atoms with Crippen molar-refractivity contribution in [3.05, 3.63) is 35.2 Å². The van der Waals surface area contributed by atoms with Gasteiger partial charge in [0, 0.05) is 25.4 Å². The van der Waals surface area contributed by atoms with Crippen molar-refractivity contribution in [2.45, 2.75) is 64.6 Å². The van der Waals surface area contributed by atoms with Crippen LogP contribution in [-0.4, -0.2) is 27.9 Å². The predicted molar refractivity (Wildman–Crippen MR) is 105 cm³/mol. The Balaban J connectivity index is 1.83. The van der Waals surface area contributed by atoms with Gasteiger partial charge >= 0.3 is 11.9 Å². The number of aromatic nitrogens is 2. The van der Waals surface area contributed by atoms with E-state index in [9.17, 15) is 9.59 Å². The molecule has 2 aliphatic rings. The van der Waals surface area contributed by atoms with Gasteiger partial charge in [-0.05, 0) is 34.4 Å². The molecule has 0 saturated carbocycles. The first-order chi connectivity index (χ1) is 12.9. The van der Waals surface area contributed by atoms with Gasteiger partial charge < -0.3 is 14.8 Å². The van der Waals surface area contributed by atoms with Gasteiger partial charge in [0.25, 0.3) is 5.79 Å². The number of aromatic amines is 1. The van der Waals surface area contributed by atoms with Crippen LogP contribution in [0.2, 0.25) is 0 Å². The Bertz CT molecular complexity index is 1020. The summed E-state index contributed by atoms with van der Waals surface area (Å²) in [5, 5.41) is 11.3. The average Bonchev–Trinajstić information content (AvgIpc) is 3.05. The quantitative estimate of drug-likeness (QED) is 0.467. The summed E-state index contributed by atoms with van der Waals surface area (Å²) in [6.45, 7) is 11.9. The molecule has 0 amide bonds. The molecule has 1 saturated heterocycles. The first-order valence-corrected chi connectivity index (χ1v) is 9.36. The summed E-state index contributed by atoms with van der Waals surface area (Å²) in [6.07, 6.45) is 4.11. The highest BCUT2D eigenvalue weighted by Crippen LogP contribution is 2.53. The lowest BCUT2D eigenvalue weighted by Gasteiger charge is -2.30. The third-order valence-electron chi connectivity index (χ3n) is 5.51. The van der Waals surface area contributed by atoms with Crippen molar-refractivity contribution >= 4 is 28.5 Å². The molecule has 28 heavy (non-hydrogen) atoms. The molecule has 1 aliphatic heterocycles. The highest BCUT2D eigenvalue weighted by atomic mass is 16.7. The smallest absolute Gasteiger partial charge is 0.350 e. The highest BCUT2D eigenvalue weighted by molar-refractivity contribution is 6.15. The normalized spacial score (nSPS) is 21.9. The summed E-state index contributed by atoms with van der Waals surface area (Å²) >= 11 is 0. The zero-order chi connectivity index (χ0) is 20.5.